The van der Waals surface area contributed by atoms with Crippen LogP contribution in [0.1, 0.15) is 41.7 Å². The van der Waals surface area contributed by atoms with Crippen molar-refractivity contribution in [1.82, 2.24) is 10.3 Å². The molecule has 1 aliphatic rings. The van der Waals surface area contributed by atoms with Gasteiger partial charge in [-0.3, -0.25) is 4.79 Å². The normalized spacial score (nSPS) is 18.8. The third-order valence-corrected chi connectivity index (χ3v) is 7.43. The second-order valence-corrected chi connectivity index (χ2v) is 10.8. The second kappa shape index (κ2) is 11.3. The van der Waals surface area contributed by atoms with E-state index in [1.807, 2.05) is 0 Å². The van der Waals surface area contributed by atoms with Gasteiger partial charge in [0.1, 0.15) is 5.69 Å². The summed E-state index contributed by atoms with van der Waals surface area (Å²) in [4.78, 5) is 16.9. The lowest BCUT2D eigenvalue weighted by molar-refractivity contribution is -0.140. The molecule has 2 atom stereocenters. The summed E-state index contributed by atoms with van der Waals surface area (Å²) in [6.07, 6.45) is -2.84. The first-order valence-corrected chi connectivity index (χ1v) is 13.0. The summed E-state index contributed by atoms with van der Waals surface area (Å²) in [6.45, 7) is 0. The monoisotopic (exact) mass is 591 g/mol. The molecule has 2 N–H and O–H groups in total. The molecule has 1 amide bonds. The zero-order chi connectivity index (χ0) is 27.7. The summed E-state index contributed by atoms with van der Waals surface area (Å²) >= 11 is 11.3. The Labute approximate surface area is 228 Å². The number of thioether (sulfide) groups is 1. The van der Waals surface area contributed by atoms with Crippen molar-refractivity contribution >= 4 is 62.9 Å². The van der Waals surface area contributed by atoms with Crippen molar-refractivity contribution in [3.8, 4) is 0 Å². The van der Waals surface area contributed by atoms with Crippen molar-refractivity contribution in [2.24, 2.45) is 0 Å². The number of halogens is 7. The smallest absolute Gasteiger partial charge is 0.382 e. The van der Waals surface area contributed by atoms with Crippen LogP contribution in [0, 0.1) is 0 Å². The molecular weight excluding hydrogens is 572 g/mol. The van der Waals surface area contributed by atoms with Crippen molar-refractivity contribution in [3.63, 3.8) is 0 Å². The topological polar surface area (TPSA) is 54.0 Å². The number of carbonyl (C=O) groups is 1. The molecule has 1 saturated carbocycles. The van der Waals surface area contributed by atoms with Crippen LogP contribution in [0.15, 0.2) is 53.4 Å². The third-order valence-electron chi connectivity index (χ3n) is 5.99. The number of fused-ring (bicyclic) bond motifs is 1. The predicted molar refractivity (Wildman–Crippen MR) is 140 cm³/mol. The summed E-state index contributed by atoms with van der Waals surface area (Å²) in [7, 11) is 0. The summed E-state index contributed by atoms with van der Waals surface area (Å²) in [5, 5.41) is 6.76. The maximum Gasteiger partial charge on any atom is 0.446 e. The fourth-order valence-corrected chi connectivity index (χ4v) is 5.29. The van der Waals surface area contributed by atoms with Crippen molar-refractivity contribution in [2.75, 3.05) is 5.32 Å². The Morgan fingerprint density at radius 2 is 1.79 bits per heavy atom. The SMILES string of the molecule is O=C(N[C@H]1CC[C@@H](Nc2cc(C(F)(F)F)nc3ccc(Cl)cc23)CCC1=S)c1cccc(SC(F)(F)F)c1. The highest BCUT2D eigenvalue weighted by molar-refractivity contribution is 8.00. The number of hydrogen-bond acceptors (Lipinski definition) is 5. The minimum Gasteiger partial charge on any atom is -0.382 e. The van der Waals surface area contributed by atoms with Crippen molar-refractivity contribution < 1.29 is 31.1 Å². The van der Waals surface area contributed by atoms with Gasteiger partial charge in [-0.15, -0.1) is 0 Å². The van der Waals surface area contributed by atoms with Gasteiger partial charge in [-0.25, -0.2) is 4.98 Å². The van der Waals surface area contributed by atoms with Gasteiger partial charge in [-0.1, -0.05) is 29.9 Å². The molecule has 0 radical (unpaired) electrons. The van der Waals surface area contributed by atoms with Crippen LogP contribution in [0.5, 0.6) is 0 Å². The first kappa shape index (κ1) is 28.4. The fraction of sp³-hybridized carbons (Fsp3) is 0.320. The molecule has 4 nitrogen and oxygen atoms in total. The van der Waals surface area contributed by atoms with Crippen LogP contribution in [-0.2, 0) is 6.18 Å². The summed E-state index contributed by atoms with van der Waals surface area (Å²) in [6, 6.07) is 9.83. The highest BCUT2D eigenvalue weighted by Gasteiger charge is 2.34. The highest BCUT2D eigenvalue weighted by Crippen LogP contribution is 2.37. The third kappa shape index (κ3) is 7.29. The fourth-order valence-electron chi connectivity index (χ4n) is 4.22. The van der Waals surface area contributed by atoms with E-state index in [4.69, 9.17) is 23.8 Å². The number of benzene rings is 2. The molecule has 0 bridgehead atoms. The van der Waals surface area contributed by atoms with Crippen LogP contribution in [-0.4, -0.2) is 33.3 Å². The van der Waals surface area contributed by atoms with Gasteiger partial charge in [0.05, 0.1) is 11.6 Å². The second-order valence-electron chi connectivity index (χ2n) is 8.74. The maximum atomic E-state index is 13.5. The molecule has 0 saturated heterocycles. The van der Waals surface area contributed by atoms with Gasteiger partial charge >= 0.3 is 11.7 Å². The summed E-state index contributed by atoms with van der Waals surface area (Å²) in [5.41, 5.74) is -5.06. The molecule has 38 heavy (non-hydrogen) atoms. The minimum atomic E-state index is -4.64. The predicted octanol–water partition coefficient (Wildman–Crippen LogP) is 8.04. The van der Waals surface area contributed by atoms with E-state index in [1.54, 1.807) is 6.07 Å². The number of pyridine rings is 1. The van der Waals surface area contributed by atoms with Gasteiger partial charge in [0.25, 0.3) is 5.91 Å². The highest BCUT2D eigenvalue weighted by atomic mass is 35.5. The summed E-state index contributed by atoms with van der Waals surface area (Å²) in [5.74, 6) is -0.557. The van der Waals surface area contributed by atoms with Crippen molar-refractivity contribution in [2.45, 2.75) is 54.3 Å². The molecule has 13 heteroatoms. The van der Waals surface area contributed by atoms with Gasteiger partial charge in [0.2, 0.25) is 0 Å². The van der Waals surface area contributed by atoms with E-state index in [9.17, 15) is 31.1 Å². The number of rotatable bonds is 5. The van der Waals surface area contributed by atoms with Gasteiger partial charge in [-0.05, 0) is 79.9 Å². The van der Waals surface area contributed by atoms with Crippen LogP contribution in [0.2, 0.25) is 5.02 Å². The molecule has 1 aliphatic carbocycles. The molecule has 202 valence electrons. The van der Waals surface area contributed by atoms with Gasteiger partial charge in [0.15, 0.2) is 0 Å². The molecule has 0 aliphatic heterocycles. The van der Waals surface area contributed by atoms with Crippen LogP contribution in [0.25, 0.3) is 10.9 Å². The van der Waals surface area contributed by atoms with Crippen molar-refractivity contribution in [1.29, 1.82) is 0 Å². The average Bonchev–Trinajstić information content (AvgIpc) is 2.99. The molecule has 0 unspecified atom stereocenters. The molecular formula is C25H20ClF6N3OS2. The average molecular weight is 592 g/mol. The van der Waals surface area contributed by atoms with E-state index in [0.717, 1.165) is 12.1 Å². The first-order valence-electron chi connectivity index (χ1n) is 11.4. The van der Waals surface area contributed by atoms with Gasteiger partial charge < -0.3 is 10.6 Å². The molecule has 1 aromatic heterocycles. The minimum absolute atomic E-state index is 0.0702. The number of carbonyl (C=O) groups excluding carboxylic acids is 1. The maximum absolute atomic E-state index is 13.5. The van der Waals surface area contributed by atoms with Gasteiger partial charge in [-0.2, -0.15) is 26.3 Å². The first-order chi connectivity index (χ1) is 17.8. The van der Waals surface area contributed by atoms with Crippen LogP contribution < -0.4 is 10.6 Å². The van der Waals surface area contributed by atoms with Crippen LogP contribution >= 0.6 is 35.6 Å². The molecule has 3 aromatic rings. The Bertz CT molecular complexity index is 1370. The van der Waals surface area contributed by atoms with E-state index in [2.05, 4.69) is 15.6 Å². The Hall–Kier alpha value is -2.57. The van der Waals surface area contributed by atoms with Crippen LogP contribution in [0.4, 0.5) is 32.0 Å². The quantitative estimate of drug-likeness (QED) is 0.136. The van der Waals surface area contributed by atoms with E-state index in [1.165, 1.54) is 30.3 Å². The number of aromatic nitrogens is 1. The summed E-state index contributed by atoms with van der Waals surface area (Å²) < 4.78 is 78.5. The molecule has 1 heterocycles. The molecule has 0 spiro atoms. The van der Waals surface area contributed by atoms with Gasteiger partial charge in [0, 0.05) is 37.5 Å². The molecule has 1 fully saturated rings. The lowest BCUT2D eigenvalue weighted by atomic mass is 10.1. The standard InChI is InChI=1S/C25H20ClF6N3OS2/c26-14-4-7-18-17(11-14)20(12-22(34-18)24(27,28)29)33-15-5-8-19(21(37)9-6-15)35-23(36)13-2-1-3-16(10-13)38-25(30,31)32/h1-4,7,10-12,15,19H,5-6,8-9H2,(H,33,34)(H,35,36)/t15-,19+/m1/s1. The number of hydrogen-bond donors (Lipinski definition) is 2. The zero-order valence-corrected chi connectivity index (χ0v) is 21.8. The molecule has 4 rings (SSSR count). The van der Waals surface area contributed by atoms with E-state index in [0.29, 0.717) is 41.0 Å². The number of nitrogens with one attached hydrogen (secondary N) is 2. The largest absolute Gasteiger partial charge is 0.446 e. The number of amides is 1. The Morgan fingerprint density at radius 3 is 2.50 bits per heavy atom. The lowest BCUT2D eigenvalue weighted by Gasteiger charge is -2.21. The Balaban J connectivity index is 1.48. The number of thiocarbonyl (C=S) groups is 1. The zero-order valence-electron chi connectivity index (χ0n) is 19.4. The number of alkyl halides is 6. The van der Waals surface area contributed by atoms with E-state index >= 15 is 0 Å². The van der Waals surface area contributed by atoms with E-state index < -0.39 is 29.3 Å². The van der Waals surface area contributed by atoms with Crippen molar-refractivity contribution in [3.05, 3.63) is 64.8 Å². The van der Waals surface area contributed by atoms with Crippen LogP contribution in [0.3, 0.4) is 0 Å². The number of nitrogens with zero attached hydrogens (tertiary/aromatic N) is 1. The Morgan fingerprint density at radius 1 is 1.03 bits per heavy atom. The molecule has 2 aromatic carbocycles. The Kier molecular flexibility index (Phi) is 8.43. The number of anilines is 1. The van der Waals surface area contributed by atoms with E-state index in [-0.39, 0.29) is 39.5 Å². The lowest BCUT2D eigenvalue weighted by Crippen LogP contribution is -2.39.